The van der Waals surface area contributed by atoms with E-state index in [9.17, 15) is 0 Å². The molecule has 0 aliphatic carbocycles. The van der Waals surface area contributed by atoms with E-state index >= 15 is 0 Å². The van der Waals surface area contributed by atoms with Crippen LogP contribution in [-0.2, 0) is 0 Å². The predicted octanol–water partition coefficient (Wildman–Crippen LogP) is 3.07. The van der Waals surface area contributed by atoms with Gasteiger partial charge in [-0.2, -0.15) is 0 Å². The van der Waals surface area contributed by atoms with E-state index in [0.29, 0.717) is 6.54 Å². The molecular weight excluding hydrogens is 224 g/mol. The second-order valence-electron chi connectivity index (χ2n) is 5.60. The van der Waals surface area contributed by atoms with Crippen LogP contribution in [0.4, 0.5) is 0 Å². The molecule has 3 heteroatoms. The van der Waals surface area contributed by atoms with Gasteiger partial charge in [-0.1, -0.05) is 32.0 Å². The molecular formula is C15H22N2O. The first-order valence-electron chi connectivity index (χ1n) is 6.41. The Hall–Kier alpha value is -1.32. The molecule has 1 atom stereocenters. The Labute approximate surface area is 108 Å². The van der Waals surface area contributed by atoms with E-state index < -0.39 is 0 Å². The molecule has 0 saturated carbocycles. The maximum Gasteiger partial charge on any atom is 0.134 e. The van der Waals surface area contributed by atoms with Crippen molar-refractivity contribution in [2.24, 2.45) is 11.1 Å². The molecule has 0 radical (unpaired) electrons. The number of hydrogen-bond acceptors (Lipinski definition) is 3. The summed E-state index contributed by atoms with van der Waals surface area (Å²) in [5, 5.41) is 4.56. The molecule has 1 heterocycles. The maximum absolute atomic E-state index is 5.82. The summed E-state index contributed by atoms with van der Waals surface area (Å²) in [6, 6.07) is 8.41. The van der Waals surface area contributed by atoms with Gasteiger partial charge in [-0.3, -0.25) is 0 Å². The highest BCUT2D eigenvalue weighted by molar-refractivity contribution is 5.81. The molecule has 18 heavy (non-hydrogen) atoms. The van der Waals surface area contributed by atoms with Crippen LogP contribution in [0, 0.1) is 5.41 Å². The third kappa shape index (κ3) is 2.57. The molecule has 1 aromatic carbocycles. The minimum atomic E-state index is 0.117. The number of nitrogens with one attached hydrogen (secondary N) is 1. The number of hydrogen-bond donors (Lipinski definition) is 2. The predicted molar refractivity (Wildman–Crippen MR) is 75.5 cm³/mol. The van der Waals surface area contributed by atoms with Crippen molar-refractivity contribution in [1.29, 1.82) is 0 Å². The minimum absolute atomic E-state index is 0.117. The van der Waals surface area contributed by atoms with Crippen molar-refractivity contribution in [1.82, 2.24) is 5.32 Å². The largest absolute Gasteiger partial charge is 0.464 e. The van der Waals surface area contributed by atoms with Gasteiger partial charge in [-0.25, -0.2) is 0 Å². The second-order valence-corrected chi connectivity index (χ2v) is 5.60. The smallest absolute Gasteiger partial charge is 0.134 e. The van der Waals surface area contributed by atoms with Gasteiger partial charge in [0, 0.05) is 17.0 Å². The number of rotatable bonds is 5. The number of nitrogens with two attached hydrogens (primary N) is 1. The van der Waals surface area contributed by atoms with Gasteiger partial charge in [0.05, 0.1) is 6.26 Å². The fourth-order valence-electron chi connectivity index (χ4n) is 2.27. The molecule has 3 nitrogen and oxygen atoms in total. The first-order chi connectivity index (χ1) is 8.57. The van der Waals surface area contributed by atoms with E-state index in [-0.39, 0.29) is 11.5 Å². The minimum Gasteiger partial charge on any atom is -0.464 e. The first kappa shape index (κ1) is 13.1. The standard InChI is InChI=1S/C15H22N2O/c1-15(2,10-16)8-13(17-3)12-9-18-14-7-5-4-6-11(12)14/h4-7,9,13,17H,8,10,16H2,1-3H3. The number of benzene rings is 1. The quantitative estimate of drug-likeness (QED) is 0.852. The Balaban J connectivity index is 2.33. The molecule has 0 saturated heterocycles. The van der Waals surface area contributed by atoms with Crippen molar-refractivity contribution in [3.8, 4) is 0 Å². The molecule has 2 rings (SSSR count). The summed E-state index contributed by atoms with van der Waals surface area (Å²) < 4.78 is 5.61. The average Bonchev–Trinajstić information content (AvgIpc) is 2.80. The van der Waals surface area contributed by atoms with Gasteiger partial charge in [0.15, 0.2) is 0 Å². The lowest BCUT2D eigenvalue weighted by molar-refractivity contribution is 0.299. The van der Waals surface area contributed by atoms with Gasteiger partial charge >= 0.3 is 0 Å². The van der Waals surface area contributed by atoms with Gasteiger partial charge in [-0.05, 0) is 31.5 Å². The Bertz CT molecular complexity index is 516. The fraction of sp³-hybridized carbons (Fsp3) is 0.467. The molecule has 0 spiro atoms. The van der Waals surface area contributed by atoms with Crippen molar-refractivity contribution in [2.75, 3.05) is 13.6 Å². The molecule has 3 N–H and O–H groups in total. The summed E-state index contributed by atoms with van der Waals surface area (Å²) in [4.78, 5) is 0. The lowest BCUT2D eigenvalue weighted by atomic mass is 9.83. The summed E-state index contributed by atoms with van der Waals surface area (Å²) in [5.41, 5.74) is 8.10. The van der Waals surface area contributed by atoms with Crippen LogP contribution < -0.4 is 11.1 Å². The van der Waals surface area contributed by atoms with Gasteiger partial charge in [0.2, 0.25) is 0 Å². The second kappa shape index (κ2) is 5.12. The Kier molecular flexibility index (Phi) is 3.73. The van der Waals surface area contributed by atoms with Crippen molar-refractivity contribution in [3.63, 3.8) is 0 Å². The maximum atomic E-state index is 5.82. The highest BCUT2D eigenvalue weighted by Gasteiger charge is 2.24. The first-order valence-corrected chi connectivity index (χ1v) is 6.41. The number of para-hydroxylation sites is 1. The molecule has 2 aromatic rings. The van der Waals surface area contributed by atoms with Crippen LogP contribution in [0.3, 0.4) is 0 Å². The van der Waals surface area contributed by atoms with E-state index in [1.54, 1.807) is 0 Å². The number of furan rings is 1. The van der Waals surface area contributed by atoms with Crippen LogP contribution in [0.25, 0.3) is 11.0 Å². The lowest BCUT2D eigenvalue weighted by Crippen LogP contribution is -2.30. The highest BCUT2D eigenvalue weighted by atomic mass is 16.3. The summed E-state index contributed by atoms with van der Waals surface area (Å²) >= 11 is 0. The Morgan fingerprint density at radius 3 is 2.72 bits per heavy atom. The van der Waals surface area contributed by atoms with Crippen LogP contribution in [0.5, 0.6) is 0 Å². The zero-order valence-electron chi connectivity index (χ0n) is 11.4. The Morgan fingerprint density at radius 2 is 2.06 bits per heavy atom. The van der Waals surface area contributed by atoms with Crippen molar-refractivity contribution >= 4 is 11.0 Å². The van der Waals surface area contributed by atoms with Gasteiger partial charge in [0.1, 0.15) is 5.58 Å². The summed E-state index contributed by atoms with van der Waals surface area (Å²) in [6.45, 7) is 5.07. The van der Waals surface area contributed by atoms with E-state index in [0.717, 1.165) is 12.0 Å². The van der Waals surface area contributed by atoms with Crippen LogP contribution in [-0.4, -0.2) is 13.6 Å². The van der Waals surface area contributed by atoms with Gasteiger partial charge in [-0.15, -0.1) is 0 Å². The molecule has 0 aliphatic rings. The molecule has 0 bridgehead atoms. The van der Waals surface area contributed by atoms with Crippen LogP contribution in [0.1, 0.15) is 31.9 Å². The van der Waals surface area contributed by atoms with Gasteiger partial charge < -0.3 is 15.5 Å². The zero-order valence-corrected chi connectivity index (χ0v) is 11.4. The topological polar surface area (TPSA) is 51.2 Å². The van der Waals surface area contributed by atoms with Crippen LogP contribution in [0.2, 0.25) is 0 Å². The lowest BCUT2D eigenvalue weighted by Gasteiger charge is -2.28. The van der Waals surface area contributed by atoms with E-state index in [1.165, 1.54) is 10.9 Å². The van der Waals surface area contributed by atoms with Crippen molar-refractivity contribution in [3.05, 3.63) is 36.1 Å². The third-order valence-corrected chi connectivity index (χ3v) is 3.54. The third-order valence-electron chi connectivity index (χ3n) is 3.54. The molecule has 1 aromatic heterocycles. The number of fused-ring (bicyclic) bond motifs is 1. The molecule has 0 aliphatic heterocycles. The summed E-state index contributed by atoms with van der Waals surface area (Å²) in [5.74, 6) is 0. The Morgan fingerprint density at radius 1 is 1.33 bits per heavy atom. The van der Waals surface area contributed by atoms with E-state index in [1.807, 2.05) is 31.5 Å². The SMILES string of the molecule is CNC(CC(C)(C)CN)c1coc2ccccc12. The summed E-state index contributed by atoms with van der Waals surface area (Å²) in [7, 11) is 1.99. The van der Waals surface area contributed by atoms with E-state index in [2.05, 4.69) is 25.2 Å². The van der Waals surface area contributed by atoms with Gasteiger partial charge in [0.25, 0.3) is 0 Å². The molecule has 0 amide bonds. The van der Waals surface area contributed by atoms with Crippen molar-refractivity contribution in [2.45, 2.75) is 26.3 Å². The van der Waals surface area contributed by atoms with E-state index in [4.69, 9.17) is 10.2 Å². The normalized spacial score (nSPS) is 14.0. The van der Waals surface area contributed by atoms with Crippen LogP contribution in [0.15, 0.2) is 34.9 Å². The molecule has 1 unspecified atom stereocenters. The zero-order chi connectivity index (χ0) is 13.2. The monoisotopic (exact) mass is 246 g/mol. The van der Waals surface area contributed by atoms with Crippen LogP contribution >= 0.6 is 0 Å². The molecule has 98 valence electrons. The fourth-order valence-corrected chi connectivity index (χ4v) is 2.27. The average molecular weight is 246 g/mol. The van der Waals surface area contributed by atoms with Crippen molar-refractivity contribution < 1.29 is 4.42 Å². The highest BCUT2D eigenvalue weighted by Crippen LogP contribution is 2.33. The summed E-state index contributed by atoms with van der Waals surface area (Å²) in [6.07, 6.45) is 2.85. The molecule has 0 fully saturated rings.